The van der Waals surface area contributed by atoms with E-state index in [1.807, 2.05) is 18.2 Å². The standard InChI is InChI=1S/C20H21NO5/c1-13(26-20(24)16-8-5-9-17(25-2)18(16)22)19(23)21-11-10-14-6-3-4-7-15(14)12-21/h3-9,13,22H,10-12H2,1-2H3/t13-/m1/s1. The normalized spacial score (nSPS) is 14.3. The molecule has 3 rings (SSSR count). The lowest BCUT2D eigenvalue weighted by atomic mass is 9.99. The Hall–Kier alpha value is -3.02. The molecule has 0 aliphatic carbocycles. The molecular formula is C20H21NO5. The number of ether oxygens (including phenoxy) is 2. The molecule has 1 atom stereocenters. The first-order valence-electron chi connectivity index (χ1n) is 8.43. The Bertz CT molecular complexity index is 833. The van der Waals surface area contributed by atoms with Crippen LogP contribution in [0.5, 0.6) is 11.5 Å². The van der Waals surface area contributed by atoms with Crippen LogP contribution in [0.1, 0.15) is 28.4 Å². The highest BCUT2D eigenvalue weighted by Gasteiger charge is 2.28. The van der Waals surface area contributed by atoms with Crippen LogP contribution >= 0.6 is 0 Å². The van der Waals surface area contributed by atoms with Crippen LogP contribution in [0.4, 0.5) is 0 Å². The van der Waals surface area contributed by atoms with E-state index in [4.69, 9.17) is 9.47 Å². The number of carbonyl (C=O) groups excluding carboxylic acids is 2. The molecular weight excluding hydrogens is 334 g/mol. The summed E-state index contributed by atoms with van der Waals surface area (Å²) in [5.74, 6) is -1.15. The largest absolute Gasteiger partial charge is 0.504 e. The molecule has 1 heterocycles. The van der Waals surface area contributed by atoms with Crippen LogP contribution < -0.4 is 4.74 Å². The Balaban J connectivity index is 1.67. The van der Waals surface area contributed by atoms with E-state index in [2.05, 4.69) is 6.07 Å². The molecule has 6 heteroatoms. The zero-order valence-corrected chi connectivity index (χ0v) is 14.8. The minimum atomic E-state index is -0.946. The summed E-state index contributed by atoms with van der Waals surface area (Å²) in [5, 5.41) is 10.0. The number of amides is 1. The van der Waals surface area contributed by atoms with Gasteiger partial charge >= 0.3 is 5.97 Å². The van der Waals surface area contributed by atoms with E-state index in [9.17, 15) is 14.7 Å². The SMILES string of the molecule is COc1cccc(C(=O)O[C@H](C)C(=O)N2CCc3ccccc3C2)c1O. The predicted octanol–water partition coefficient (Wildman–Crippen LogP) is 2.53. The first-order chi connectivity index (χ1) is 12.5. The van der Waals surface area contributed by atoms with E-state index >= 15 is 0 Å². The van der Waals surface area contributed by atoms with Crippen LogP contribution in [0.15, 0.2) is 42.5 Å². The number of nitrogens with zero attached hydrogens (tertiary/aromatic N) is 1. The van der Waals surface area contributed by atoms with Crippen molar-refractivity contribution in [1.29, 1.82) is 0 Å². The van der Waals surface area contributed by atoms with Crippen LogP contribution in [0.25, 0.3) is 0 Å². The summed E-state index contributed by atoms with van der Waals surface area (Å²) in [5.41, 5.74) is 2.31. The van der Waals surface area contributed by atoms with Gasteiger partial charge in [-0.15, -0.1) is 0 Å². The van der Waals surface area contributed by atoms with Crippen molar-refractivity contribution in [3.05, 3.63) is 59.2 Å². The monoisotopic (exact) mass is 355 g/mol. The predicted molar refractivity (Wildman–Crippen MR) is 95.1 cm³/mol. The number of para-hydroxylation sites is 1. The van der Waals surface area contributed by atoms with E-state index in [0.717, 1.165) is 12.0 Å². The molecule has 0 unspecified atom stereocenters. The average molecular weight is 355 g/mol. The lowest BCUT2D eigenvalue weighted by Gasteiger charge is -2.30. The average Bonchev–Trinajstić information content (AvgIpc) is 2.67. The van der Waals surface area contributed by atoms with Gasteiger partial charge in [0.15, 0.2) is 17.6 Å². The fourth-order valence-electron chi connectivity index (χ4n) is 3.07. The van der Waals surface area contributed by atoms with Crippen molar-refractivity contribution in [2.75, 3.05) is 13.7 Å². The number of phenols is 1. The summed E-state index contributed by atoms with van der Waals surface area (Å²) in [7, 11) is 1.39. The summed E-state index contributed by atoms with van der Waals surface area (Å²) in [6, 6.07) is 12.5. The fourth-order valence-corrected chi connectivity index (χ4v) is 3.07. The first kappa shape index (κ1) is 17.8. The van der Waals surface area contributed by atoms with Gasteiger partial charge in [-0.2, -0.15) is 0 Å². The molecule has 0 saturated heterocycles. The Morgan fingerprint density at radius 1 is 1.12 bits per heavy atom. The van der Waals surface area contributed by atoms with Crippen LogP contribution in [-0.4, -0.2) is 41.6 Å². The molecule has 0 bridgehead atoms. The van der Waals surface area contributed by atoms with E-state index < -0.39 is 12.1 Å². The Morgan fingerprint density at radius 2 is 1.85 bits per heavy atom. The molecule has 1 N–H and O–H groups in total. The lowest BCUT2D eigenvalue weighted by Crippen LogP contribution is -2.42. The molecule has 136 valence electrons. The van der Waals surface area contributed by atoms with Gasteiger partial charge in [0.2, 0.25) is 0 Å². The fraction of sp³-hybridized carbons (Fsp3) is 0.300. The molecule has 1 aliphatic rings. The van der Waals surface area contributed by atoms with Crippen LogP contribution in [0.3, 0.4) is 0 Å². The maximum Gasteiger partial charge on any atom is 0.342 e. The smallest absolute Gasteiger partial charge is 0.342 e. The van der Waals surface area contributed by atoms with Gasteiger partial charge in [0, 0.05) is 13.1 Å². The van der Waals surface area contributed by atoms with Crippen LogP contribution in [-0.2, 0) is 22.5 Å². The molecule has 2 aromatic carbocycles. The number of carbonyl (C=O) groups is 2. The summed E-state index contributed by atoms with van der Waals surface area (Å²) in [4.78, 5) is 26.7. The van der Waals surface area contributed by atoms with E-state index in [1.165, 1.54) is 31.7 Å². The minimum absolute atomic E-state index is 0.0343. The molecule has 1 aliphatic heterocycles. The van der Waals surface area contributed by atoms with Gasteiger partial charge in [-0.25, -0.2) is 4.79 Å². The molecule has 1 amide bonds. The third-order valence-electron chi connectivity index (χ3n) is 4.51. The van der Waals surface area contributed by atoms with E-state index in [0.29, 0.717) is 13.1 Å². The van der Waals surface area contributed by atoms with E-state index in [-0.39, 0.29) is 23.0 Å². The van der Waals surface area contributed by atoms with Crippen molar-refractivity contribution in [3.8, 4) is 11.5 Å². The van der Waals surface area contributed by atoms with Crippen molar-refractivity contribution >= 4 is 11.9 Å². The maximum absolute atomic E-state index is 12.6. The number of esters is 1. The van der Waals surface area contributed by atoms with Crippen molar-refractivity contribution in [1.82, 2.24) is 4.90 Å². The zero-order chi connectivity index (χ0) is 18.7. The second-order valence-corrected chi connectivity index (χ2v) is 6.18. The quantitative estimate of drug-likeness (QED) is 0.853. The molecule has 26 heavy (non-hydrogen) atoms. The molecule has 0 saturated carbocycles. The number of hydrogen-bond donors (Lipinski definition) is 1. The zero-order valence-electron chi connectivity index (χ0n) is 14.8. The van der Waals surface area contributed by atoms with Gasteiger partial charge in [0.1, 0.15) is 5.56 Å². The van der Waals surface area contributed by atoms with E-state index in [1.54, 1.807) is 11.0 Å². The summed E-state index contributed by atoms with van der Waals surface area (Å²) >= 11 is 0. The highest BCUT2D eigenvalue weighted by Crippen LogP contribution is 2.30. The van der Waals surface area contributed by atoms with Crippen molar-refractivity contribution < 1.29 is 24.2 Å². The second-order valence-electron chi connectivity index (χ2n) is 6.18. The number of phenolic OH excluding ortho intramolecular Hbond substituents is 1. The number of methoxy groups -OCH3 is 1. The minimum Gasteiger partial charge on any atom is -0.504 e. The summed E-state index contributed by atoms with van der Waals surface area (Å²) in [6.45, 7) is 2.63. The maximum atomic E-state index is 12.6. The molecule has 0 fully saturated rings. The third-order valence-corrected chi connectivity index (χ3v) is 4.51. The molecule has 0 aromatic heterocycles. The van der Waals surface area contributed by atoms with Crippen molar-refractivity contribution in [3.63, 3.8) is 0 Å². The highest BCUT2D eigenvalue weighted by atomic mass is 16.5. The second kappa shape index (κ2) is 7.47. The van der Waals surface area contributed by atoms with Gasteiger partial charge in [0.25, 0.3) is 5.91 Å². The van der Waals surface area contributed by atoms with Crippen molar-refractivity contribution in [2.24, 2.45) is 0 Å². The Kier molecular flexibility index (Phi) is 5.11. The topological polar surface area (TPSA) is 76.1 Å². The van der Waals surface area contributed by atoms with Gasteiger partial charge in [-0.1, -0.05) is 30.3 Å². The number of aromatic hydroxyl groups is 1. The third kappa shape index (κ3) is 3.49. The number of fused-ring (bicyclic) bond motifs is 1. The van der Waals surface area contributed by atoms with Gasteiger partial charge in [0.05, 0.1) is 7.11 Å². The van der Waals surface area contributed by atoms with Gasteiger partial charge in [-0.05, 0) is 36.6 Å². The van der Waals surface area contributed by atoms with Crippen molar-refractivity contribution in [2.45, 2.75) is 26.0 Å². The summed E-state index contributed by atoms with van der Waals surface area (Å²) in [6.07, 6.45) is -0.169. The van der Waals surface area contributed by atoms with Gasteiger partial charge < -0.3 is 19.5 Å². The number of benzene rings is 2. The molecule has 6 nitrogen and oxygen atoms in total. The van der Waals surface area contributed by atoms with Gasteiger partial charge in [-0.3, -0.25) is 4.79 Å². The number of rotatable bonds is 4. The molecule has 2 aromatic rings. The number of hydrogen-bond acceptors (Lipinski definition) is 5. The summed E-state index contributed by atoms with van der Waals surface area (Å²) < 4.78 is 10.3. The highest BCUT2D eigenvalue weighted by molar-refractivity contribution is 5.95. The molecule has 0 spiro atoms. The Labute approximate surface area is 152 Å². The first-order valence-corrected chi connectivity index (χ1v) is 8.43. The van der Waals surface area contributed by atoms with Crippen LogP contribution in [0, 0.1) is 0 Å². The Morgan fingerprint density at radius 3 is 2.58 bits per heavy atom. The van der Waals surface area contributed by atoms with Crippen LogP contribution in [0.2, 0.25) is 0 Å². The lowest BCUT2D eigenvalue weighted by molar-refractivity contribution is -0.140. The molecule has 0 radical (unpaired) electrons.